The van der Waals surface area contributed by atoms with E-state index < -0.39 is 0 Å². The van der Waals surface area contributed by atoms with Gasteiger partial charge >= 0.3 is 6.98 Å². The summed E-state index contributed by atoms with van der Waals surface area (Å²) in [6, 6.07) is 8.67. The van der Waals surface area contributed by atoms with Crippen molar-refractivity contribution in [2.45, 2.75) is 6.92 Å². The fraction of sp³-hybridized carbons (Fsp3) is 0.400. The number of hydrogen-bond acceptors (Lipinski definition) is 3. The highest BCUT2D eigenvalue weighted by molar-refractivity contribution is 6.82. The van der Waals surface area contributed by atoms with Crippen LogP contribution in [0.3, 0.4) is 0 Å². The highest BCUT2D eigenvalue weighted by atomic mass is 15.3. The average molecular weight is 211 g/mol. The third kappa shape index (κ3) is 2.34. The lowest BCUT2D eigenvalue weighted by atomic mass is 9.54. The maximum atomic E-state index is 2.24. The van der Waals surface area contributed by atoms with Gasteiger partial charge in [-0.25, -0.2) is 0 Å². The Kier molecular flexibility index (Phi) is 3.43. The van der Waals surface area contributed by atoms with Crippen molar-refractivity contribution < 1.29 is 0 Å². The van der Waals surface area contributed by atoms with Crippen molar-refractivity contribution in [2.24, 2.45) is 0 Å². The van der Waals surface area contributed by atoms with Crippen molar-refractivity contribution in [1.82, 2.24) is 14.2 Å². The number of hydrogen-bond donors (Lipinski definition) is 0. The molecule has 1 aromatic rings. The van der Waals surface area contributed by atoms with Crippen LogP contribution in [0.5, 0.6) is 0 Å². The first kappa shape index (κ1) is 11.8. The molecule has 1 aliphatic heterocycles. The molecule has 1 aromatic carbocycles. The van der Waals surface area contributed by atoms with Crippen LogP contribution in [-0.4, -0.2) is 57.4 Å². The van der Waals surface area contributed by atoms with Crippen molar-refractivity contribution in [3.05, 3.63) is 29.8 Å². The molecule has 0 unspecified atom stereocenters. The van der Waals surface area contributed by atoms with Gasteiger partial charge in [0.25, 0.3) is 15.1 Å². The fourth-order valence-corrected chi connectivity index (χ4v) is 2.32. The summed E-state index contributed by atoms with van der Waals surface area (Å²) in [6.07, 6.45) is 0. The summed E-state index contributed by atoms with van der Waals surface area (Å²) in [5.74, 6) is 0. The molecule has 80 valence electrons. The van der Waals surface area contributed by atoms with E-state index in [2.05, 4.69) is 74.5 Å². The largest absolute Gasteiger partial charge is 0.367 e. The molecular weight excluding hydrogens is 195 g/mol. The average Bonchev–Trinajstić information content (AvgIpc) is 2.15. The Morgan fingerprint density at radius 2 is 1.69 bits per heavy atom. The number of benzene rings is 1. The van der Waals surface area contributed by atoms with Crippen LogP contribution in [0.1, 0.15) is 5.56 Å². The Labute approximate surface area is 100 Å². The van der Waals surface area contributed by atoms with Gasteiger partial charge in [-0.15, -0.1) is 0 Å². The van der Waals surface area contributed by atoms with Crippen LogP contribution in [0.4, 0.5) is 0 Å². The molecule has 16 heavy (non-hydrogen) atoms. The van der Waals surface area contributed by atoms with Gasteiger partial charge in [-0.1, -0.05) is 29.8 Å². The molecule has 0 aliphatic carbocycles. The minimum atomic E-state index is 0.288. The summed E-state index contributed by atoms with van der Waals surface area (Å²) < 4.78 is 6.50. The van der Waals surface area contributed by atoms with E-state index in [9.17, 15) is 0 Å². The molecule has 2 rings (SSSR count). The molecule has 1 aliphatic rings. The maximum absolute atomic E-state index is 2.24. The van der Waals surface area contributed by atoms with E-state index >= 15 is 0 Å². The van der Waals surface area contributed by atoms with Gasteiger partial charge in [0.1, 0.15) is 0 Å². The summed E-state index contributed by atoms with van der Waals surface area (Å²) in [6.45, 7) is 2.42. The second-order valence-corrected chi connectivity index (χ2v) is 4.52. The first-order valence-corrected chi connectivity index (χ1v) is 5.50. The highest BCUT2D eigenvalue weighted by Crippen LogP contribution is 2.05. The first-order valence-electron chi connectivity index (χ1n) is 5.50. The summed E-state index contributed by atoms with van der Waals surface area (Å²) in [4.78, 5) is 0. The Morgan fingerprint density at radius 3 is 2.25 bits per heavy atom. The van der Waals surface area contributed by atoms with Crippen LogP contribution in [0.15, 0.2) is 24.3 Å². The van der Waals surface area contributed by atoms with Gasteiger partial charge in [0.2, 0.25) is 0 Å². The smallest absolute Gasteiger partial charge is 0.324 e. The molecule has 1 heterocycles. The van der Waals surface area contributed by atoms with Crippen LogP contribution in [0.2, 0.25) is 0 Å². The van der Waals surface area contributed by atoms with Gasteiger partial charge in [-0.3, -0.25) is 0 Å². The first-order chi connectivity index (χ1) is 7.58. The summed E-state index contributed by atoms with van der Waals surface area (Å²) >= 11 is 0. The summed E-state index contributed by atoms with van der Waals surface area (Å²) in [7, 11) is 10.5. The Morgan fingerprint density at radius 1 is 1.06 bits per heavy atom. The lowest BCUT2D eigenvalue weighted by Gasteiger charge is -2.40. The predicted molar refractivity (Wildman–Crippen MR) is 71.4 cm³/mol. The summed E-state index contributed by atoms with van der Waals surface area (Å²) in [5, 5.41) is 0. The van der Waals surface area contributed by atoms with Gasteiger partial charge in [0.05, 0.1) is 0 Å². The summed E-state index contributed by atoms with van der Waals surface area (Å²) in [5.41, 5.74) is 2.63. The minimum absolute atomic E-state index is 0.288. The van der Waals surface area contributed by atoms with Crippen LogP contribution >= 0.6 is 0 Å². The topological polar surface area (TPSA) is 9.72 Å². The van der Waals surface area contributed by atoms with E-state index in [-0.39, 0.29) is 6.98 Å². The Bertz CT molecular complexity index is 362. The van der Waals surface area contributed by atoms with E-state index in [1.165, 1.54) is 11.0 Å². The van der Waals surface area contributed by atoms with E-state index in [1.54, 1.807) is 0 Å². The second-order valence-electron chi connectivity index (χ2n) is 4.52. The van der Waals surface area contributed by atoms with Crippen LogP contribution < -0.4 is 5.46 Å². The highest BCUT2D eigenvalue weighted by Gasteiger charge is 2.34. The van der Waals surface area contributed by atoms with E-state index in [1.807, 2.05) is 7.05 Å². The fourth-order valence-electron chi connectivity index (χ4n) is 2.32. The van der Waals surface area contributed by atoms with E-state index in [0.29, 0.717) is 0 Å². The second kappa shape index (κ2) is 4.66. The third-order valence-corrected chi connectivity index (χ3v) is 2.84. The normalized spacial score (nSPS) is 19.4. The number of rotatable bonds is 1. The molecule has 0 amide bonds. The minimum Gasteiger partial charge on any atom is -0.367 e. The van der Waals surface area contributed by atoms with Gasteiger partial charge in [0, 0.05) is 0 Å². The monoisotopic (exact) mass is 211 g/mol. The molecular formula is C10H16B3N3. The SMILES string of the molecule is Cc1cccc(B2N(C)[B]N(C)[B]N2C)c1. The lowest BCUT2D eigenvalue weighted by Crippen LogP contribution is -2.68. The lowest BCUT2D eigenvalue weighted by molar-refractivity contribution is 0.586. The Hall–Kier alpha value is -0.705. The zero-order chi connectivity index (χ0) is 11.7. The third-order valence-electron chi connectivity index (χ3n) is 2.84. The number of nitrogens with zero attached hydrogens (tertiary/aromatic N) is 3. The molecule has 0 saturated carbocycles. The standard InChI is InChI=1S/C10H16B3N3/c1-9-6-5-7-10(8-9)13-15(3)11-14(2)12-16(13)4/h5-8H,1-4H3. The van der Waals surface area contributed by atoms with Crippen LogP contribution in [0.25, 0.3) is 0 Å². The van der Waals surface area contributed by atoms with Crippen LogP contribution in [0, 0.1) is 6.92 Å². The molecule has 0 spiro atoms. The van der Waals surface area contributed by atoms with Crippen molar-refractivity contribution in [1.29, 1.82) is 0 Å². The van der Waals surface area contributed by atoms with E-state index in [4.69, 9.17) is 0 Å². The van der Waals surface area contributed by atoms with Crippen molar-refractivity contribution in [3.8, 4) is 0 Å². The zero-order valence-electron chi connectivity index (χ0n) is 10.4. The molecule has 3 nitrogen and oxygen atoms in total. The number of aryl methyl sites for hydroxylation is 1. The predicted octanol–water partition coefficient (Wildman–Crippen LogP) is -0.432. The molecule has 1 fully saturated rings. The van der Waals surface area contributed by atoms with Gasteiger partial charge < -0.3 is 14.2 Å². The quantitative estimate of drug-likeness (QED) is 0.583. The van der Waals surface area contributed by atoms with Gasteiger partial charge in [-0.05, 0) is 33.5 Å². The zero-order valence-corrected chi connectivity index (χ0v) is 10.4. The molecule has 0 N–H and O–H groups in total. The van der Waals surface area contributed by atoms with Crippen molar-refractivity contribution >= 4 is 27.5 Å². The molecule has 6 heteroatoms. The van der Waals surface area contributed by atoms with E-state index in [0.717, 1.165) is 0 Å². The molecule has 0 bridgehead atoms. The van der Waals surface area contributed by atoms with Gasteiger partial charge in [-0.2, -0.15) is 0 Å². The maximum Gasteiger partial charge on any atom is 0.324 e. The molecule has 0 atom stereocenters. The molecule has 1 saturated heterocycles. The molecule has 0 aromatic heterocycles. The van der Waals surface area contributed by atoms with Crippen LogP contribution in [-0.2, 0) is 0 Å². The van der Waals surface area contributed by atoms with Crippen molar-refractivity contribution in [3.63, 3.8) is 0 Å². The Balaban J connectivity index is 2.25. The molecule has 2 radical (unpaired) electrons. The van der Waals surface area contributed by atoms with Gasteiger partial charge in [0.15, 0.2) is 0 Å². The van der Waals surface area contributed by atoms with Crippen molar-refractivity contribution in [2.75, 3.05) is 21.1 Å².